The summed E-state index contributed by atoms with van der Waals surface area (Å²) in [7, 11) is 2.88. The molecule has 0 saturated carbocycles. The number of nitrogens with one attached hydrogen (secondary N) is 1. The number of carbonyl (C=O) groups excluding carboxylic acids is 1. The van der Waals surface area contributed by atoms with Crippen LogP contribution in [0.5, 0.6) is 0 Å². The molecule has 0 aliphatic heterocycles. The molecule has 0 aromatic heterocycles. The van der Waals surface area contributed by atoms with Crippen LogP contribution >= 0.6 is 0 Å². The summed E-state index contributed by atoms with van der Waals surface area (Å²) in [5.41, 5.74) is 0. The van der Waals surface area contributed by atoms with Gasteiger partial charge in [0.2, 0.25) is 0 Å². The lowest BCUT2D eigenvalue weighted by atomic mass is 10.2. The van der Waals surface area contributed by atoms with Gasteiger partial charge >= 0.3 is 5.97 Å². The van der Waals surface area contributed by atoms with Crippen molar-refractivity contribution in [2.45, 2.75) is 25.5 Å². The first-order valence-corrected chi connectivity index (χ1v) is 4.60. The maximum Gasteiger partial charge on any atom is 0.322 e. The van der Waals surface area contributed by atoms with Crippen LogP contribution in [0.15, 0.2) is 0 Å². The van der Waals surface area contributed by atoms with Crippen LogP contribution in [-0.2, 0) is 14.3 Å². The van der Waals surface area contributed by atoms with Gasteiger partial charge in [0.15, 0.2) is 0 Å². The lowest BCUT2D eigenvalue weighted by Crippen LogP contribution is -2.36. The summed E-state index contributed by atoms with van der Waals surface area (Å²) < 4.78 is 9.29. The SMILES string of the molecule is COCC(O)CCNC(C)C(=O)OC. The number of aliphatic hydroxyl groups is 1. The van der Waals surface area contributed by atoms with Crippen LogP contribution in [0, 0.1) is 0 Å². The third-order valence-electron chi connectivity index (χ3n) is 1.84. The Morgan fingerprint density at radius 3 is 2.64 bits per heavy atom. The molecule has 0 aromatic carbocycles. The van der Waals surface area contributed by atoms with Crippen molar-refractivity contribution in [2.24, 2.45) is 0 Å². The number of rotatable bonds is 7. The third kappa shape index (κ3) is 5.90. The summed E-state index contributed by atoms with van der Waals surface area (Å²) in [6, 6.07) is -0.338. The Hall–Kier alpha value is -0.650. The third-order valence-corrected chi connectivity index (χ3v) is 1.84. The van der Waals surface area contributed by atoms with Crippen LogP contribution in [0.25, 0.3) is 0 Å². The number of hydrogen-bond acceptors (Lipinski definition) is 5. The molecule has 0 amide bonds. The van der Waals surface area contributed by atoms with E-state index < -0.39 is 6.10 Å². The smallest absolute Gasteiger partial charge is 0.322 e. The zero-order chi connectivity index (χ0) is 11.0. The molecule has 0 rings (SSSR count). The summed E-state index contributed by atoms with van der Waals surface area (Å²) >= 11 is 0. The van der Waals surface area contributed by atoms with Gasteiger partial charge in [-0.1, -0.05) is 0 Å². The first kappa shape index (κ1) is 13.4. The first-order valence-electron chi connectivity index (χ1n) is 4.60. The molecule has 0 aliphatic carbocycles. The van der Waals surface area contributed by atoms with Crippen molar-refractivity contribution in [3.8, 4) is 0 Å². The fraction of sp³-hybridized carbons (Fsp3) is 0.889. The summed E-state index contributed by atoms with van der Waals surface area (Å²) in [6.45, 7) is 2.59. The molecule has 0 aromatic rings. The highest BCUT2D eigenvalue weighted by Crippen LogP contribution is 1.92. The maximum atomic E-state index is 10.9. The minimum atomic E-state index is -0.489. The van der Waals surface area contributed by atoms with Gasteiger partial charge in [0, 0.05) is 7.11 Å². The topological polar surface area (TPSA) is 67.8 Å². The van der Waals surface area contributed by atoms with Crippen molar-refractivity contribution in [2.75, 3.05) is 27.4 Å². The molecular formula is C9H19NO4. The van der Waals surface area contributed by atoms with Crippen molar-refractivity contribution in [1.82, 2.24) is 5.32 Å². The van der Waals surface area contributed by atoms with Crippen LogP contribution < -0.4 is 5.32 Å². The fourth-order valence-corrected chi connectivity index (χ4v) is 1.00. The Kier molecular flexibility index (Phi) is 7.37. The van der Waals surface area contributed by atoms with Crippen molar-refractivity contribution >= 4 is 5.97 Å². The molecule has 5 heteroatoms. The van der Waals surface area contributed by atoms with Gasteiger partial charge in [0.25, 0.3) is 0 Å². The van der Waals surface area contributed by atoms with Gasteiger partial charge in [0.1, 0.15) is 6.04 Å². The van der Waals surface area contributed by atoms with Crippen LogP contribution in [0.3, 0.4) is 0 Å². The Morgan fingerprint density at radius 2 is 2.14 bits per heavy atom. The predicted molar refractivity (Wildman–Crippen MR) is 52.0 cm³/mol. The monoisotopic (exact) mass is 205 g/mol. The van der Waals surface area contributed by atoms with E-state index >= 15 is 0 Å². The number of esters is 1. The number of carbonyl (C=O) groups is 1. The van der Waals surface area contributed by atoms with E-state index in [4.69, 9.17) is 4.74 Å². The zero-order valence-corrected chi connectivity index (χ0v) is 8.95. The van der Waals surface area contributed by atoms with Gasteiger partial charge in [0.05, 0.1) is 19.8 Å². The molecule has 0 aliphatic rings. The molecule has 2 atom stereocenters. The molecule has 84 valence electrons. The summed E-state index contributed by atoms with van der Waals surface area (Å²) in [5.74, 6) is -0.300. The van der Waals surface area contributed by atoms with Crippen LogP contribution in [0.4, 0.5) is 0 Å². The predicted octanol–water partition coefficient (Wildman–Crippen LogP) is -0.465. The average Bonchev–Trinajstić information content (AvgIpc) is 2.16. The molecule has 2 unspecified atom stereocenters. The van der Waals surface area contributed by atoms with Gasteiger partial charge in [-0.3, -0.25) is 4.79 Å². The Morgan fingerprint density at radius 1 is 1.50 bits per heavy atom. The quantitative estimate of drug-likeness (QED) is 0.550. The minimum absolute atomic E-state index is 0.300. The summed E-state index contributed by atoms with van der Waals surface area (Å²) in [4.78, 5) is 10.9. The molecule has 0 bridgehead atoms. The molecule has 2 N–H and O–H groups in total. The van der Waals surface area contributed by atoms with Crippen LogP contribution in [0.2, 0.25) is 0 Å². The second-order valence-electron chi connectivity index (χ2n) is 3.10. The van der Waals surface area contributed by atoms with E-state index in [1.54, 1.807) is 6.92 Å². The largest absolute Gasteiger partial charge is 0.468 e. The lowest BCUT2D eigenvalue weighted by molar-refractivity contribution is -0.142. The second kappa shape index (κ2) is 7.73. The van der Waals surface area contributed by atoms with E-state index in [2.05, 4.69) is 10.1 Å². The highest BCUT2D eigenvalue weighted by molar-refractivity contribution is 5.74. The van der Waals surface area contributed by atoms with Gasteiger partial charge in [-0.2, -0.15) is 0 Å². The van der Waals surface area contributed by atoms with Crippen molar-refractivity contribution in [1.29, 1.82) is 0 Å². The highest BCUT2D eigenvalue weighted by atomic mass is 16.5. The number of hydrogen-bond donors (Lipinski definition) is 2. The number of ether oxygens (including phenoxy) is 2. The Balaban J connectivity index is 3.48. The minimum Gasteiger partial charge on any atom is -0.468 e. The molecule has 0 radical (unpaired) electrons. The van der Waals surface area contributed by atoms with Crippen LogP contribution in [-0.4, -0.2) is 50.6 Å². The molecule has 0 saturated heterocycles. The van der Waals surface area contributed by atoms with Gasteiger partial charge in [-0.05, 0) is 19.9 Å². The maximum absolute atomic E-state index is 10.9. The van der Waals surface area contributed by atoms with E-state index in [1.807, 2.05) is 0 Å². The summed E-state index contributed by atoms with van der Waals surface area (Å²) in [5, 5.41) is 12.2. The Bertz CT molecular complexity index is 163. The van der Waals surface area contributed by atoms with Gasteiger partial charge in [-0.25, -0.2) is 0 Å². The average molecular weight is 205 g/mol. The standard InChI is InChI=1S/C9H19NO4/c1-7(9(12)14-3)10-5-4-8(11)6-13-2/h7-8,10-11H,4-6H2,1-3H3. The number of methoxy groups -OCH3 is 2. The first-order chi connectivity index (χ1) is 6.61. The molecule has 0 heterocycles. The van der Waals surface area contributed by atoms with Crippen molar-refractivity contribution in [3.05, 3.63) is 0 Å². The number of aliphatic hydroxyl groups excluding tert-OH is 1. The molecule has 14 heavy (non-hydrogen) atoms. The molecule has 5 nitrogen and oxygen atoms in total. The molecular weight excluding hydrogens is 186 g/mol. The van der Waals surface area contributed by atoms with E-state index in [-0.39, 0.29) is 12.0 Å². The van der Waals surface area contributed by atoms with E-state index in [9.17, 15) is 9.90 Å². The lowest BCUT2D eigenvalue weighted by Gasteiger charge is -2.13. The van der Waals surface area contributed by atoms with Crippen LogP contribution in [0.1, 0.15) is 13.3 Å². The molecule has 0 fully saturated rings. The van der Waals surface area contributed by atoms with E-state index in [0.717, 1.165) is 0 Å². The van der Waals surface area contributed by atoms with Gasteiger partial charge < -0.3 is 19.9 Å². The van der Waals surface area contributed by atoms with E-state index in [0.29, 0.717) is 19.6 Å². The fourth-order valence-electron chi connectivity index (χ4n) is 1.00. The molecule has 0 spiro atoms. The second-order valence-corrected chi connectivity index (χ2v) is 3.10. The summed E-state index contributed by atoms with van der Waals surface area (Å²) in [6.07, 6.45) is 0.0622. The zero-order valence-electron chi connectivity index (χ0n) is 8.95. The normalized spacial score (nSPS) is 14.9. The van der Waals surface area contributed by atoms with Gasteiger partial charge in [-0.15, -0.1) is 0 Å². The Labute approximate surface area is 84.4 Å². The van der Waals surface area contributed by atoms with Crippen molar-refractivity contribution < 1.29 is 19.4 Å². The van der Waals surface area contributed by atoms with E-state index in [1.165, 1.54) is 14.2 Å². The highest BCUT2D eigenvalue weighted by Gasteiger charge is 2.12. The van der Waals surface area contributed by atoms with Crippen molar-refractivity contribution in [3.63, 3.8) is 0 Å².